The molecule has 3 heteroatoms. The molecule has 0 aliphatic carbocycles. The van der Waals surface area contributed by atoms with E-state index in [1.165, 1.54) is 23.2 Å². The number of aryl methyl sites for hydroxylation is 1. The van der Waals surface area contributed by atoms with Crippen LogP contribution in [0.3, 0.4) is 0 Å². The first-order valence-electron chi connectivity index (χ1n) is 7.30. The highest BCUT2D eigenvalue weighted by atomic mass is 15.1. The van der Waals surface area contributed by atoms with Crippen molar-refractivity contribution < 1.29 is 0 Å². The Morgan fingerprint density at radius 3 is 2.70 bits per heavy atom. The Labute approximate surface area is 122 Å². The third-order valence-corrected chi connectivity index (χ3v) is 3.28. The van der Waals surface area contributed by atoms with Crippen LogP contribution in [0.4, 0.5) is 5.69 Å². The number of rotatable bonds is 7. The second-order valence-corrected chi connectivity index (χ2v) is 5.51. The molecule has 0 atom stereocenters. The fourth-order valence-corrected chi connectivity index (χ4v) is 2.36. The van der Waals surface area contributed by atoms with Crippen molar-refractivity contribution >= 4 is 5.69 Å². The summed E-state index contributed by atoms with van der Waals surface area (Å²) < 4.78 is 2.25. The maximum absolute atomic E-state index is 3.55. The van der Waals surface area contributed by atoms with Crippen LogP contribution in [0, 0.1) is 0 Å². The second kappa shape index (κ2) is 7.15. The van der Waals surface area contributed by atoms with Crippen LogP contribution in [0.1, 0.15) is 24.5 Å². The van der Waals surface area contributed by atoms with E-state index in [4.69, 9.17) is 0 Å². The number of nitrogens with zero attached hydrogens (tertiary/aromatic N) is 2. The average Bonchev–Trinajstić information content (AvgIpc) is 2.85. The zero-order valence-corrected chi connectivity index (χ0v) is 12.8. The first kappa shape index (κ1) is 14.7. The third kappa shape index (κ3) is 4.14. The molecule has 0 unspecified atom stereocenters. The molecule has 0 saturated heterocycles. The number of benzene rings is 1. The van der Waals surface area contributed by atoms with E-state index >= 15 is 0 Å². The molecule has 0 fully saturated rings. The van der Waals surface area contributed by atoms with Crippen molar-refractivity contribution in [3.8, 4) is 0 Å². The van der Waals surface area contributed by atoms with Crippen LogP contribution in [0.25, 0.3) is 0 Å². The fourth-order valence-electron chi connectivity index (χ4n) is 2.36. The summed E-state index contributed by atoms with van der Waals surface area (Å²) in [5.74, 6) is 0. The highest BCUT2D eigenvalue weighted by Gasteiger charge is 2.03. The number of nitrogens with one attached hydrogen (secondary N) is 1. The molecule has 20 heavy (non-hydrogen) atoms. The standard InChI is InChI=1S/C17H25N3/c1-4-10-20-11-9-15(13-20)12-18-17-8-6-5-7-16(17)14-19(2)3/h5-9,11,13,18H,4,10,12,14H2,1-3H3. The Kier molecular flexibility index (Phi) is 5.24. The molecule has 0 saturated carbocycles. The van der Waals surface area contributed by atoms with Crippen molar-refractivity contribution in [1.29, 1.82) is 0 Å². The van der Waals surface area contributed by atoms with E-state index in [1.807, 2.05) is 0 Å². The van der Waals surface area contributed by atoms with Gasteiger partial charge in [0.15, 0.2) is 0 Å². The lowest BCUT2D eigenvalue weighted by Gasteiger charge is -2.15. The molecule has 1 N–H and O–H groups in total. The van der Waals surface area contributed by atoms with Gasteiger partial charge < -0.3 is 14.8 Å². The lowest BCUT2D eigenvalue weighted by Crippen LogP contribution is -2.12. The van der Waals surface area contributed by atoms with Crippen LogP contribution in [0.15, 0.2) is 42.7 Å². The molecule has 0 radical (unpaired) electrons. The quantitative estimate of drug-likeness (QED) is 0.830. The van der Waals surface area contributed by atoms with E-state index in [9.17, 15) is 0 Å². The van der Waals surface area contributed by atoms with Gasteiger partial charge in [-0.25, -0.2) is 0 Å². The van der Waals surface area contributed by atoms with Gasteiger partial charge in [0, 0.05) is 37.7 Å². The van der Waals surface area contributed by atoms with Crippen LogP contribution in [-0.4, -0.2) is 23.6 Å². The first-order valence-corrected chi connectivity index (χ1v) is 7.30. The Balaban J connectivity index is 1.99. The minimum Gasteiger partial charge on any atom is -0.381 e. The van der Waals surface area contributed by atoms with Crippen LogP contribution in [0.5, 0.6) is 0 Å². The predicted octanol–water partition coefficient (Wildman–Crippen LogP) is 3.57. The van der Waals surface area contributed by atoms with Crippen LogP contribution in [0.2, 0.25) is 0 Å². The summed E-state index contributed by atoms with van der Waals surface area (Å²) in [6.07, 6.45) is 5.56. The monoisotopic (exact) mass is 271 g/mol. The van der Waals surface area contributed by atoms with Gasteiger partial charge >= 0.3 is 0 Å². The van der Waals surface area contributed by atoms with Crippen molar-refractivity contribution in [2.45, 2.75) is 33.0 Å². The molecule has 3 nitrogen and oxygen atoms in total. The minimum atomic E-state index is 0.876. The van der Waals surface area contributed by atoms with Gasteiger partial charge in [-0.05, 0) is 43.8 Å². The van der Waals surface area contributed by atoms with Gasteiger partial charge in [-0.15, -0.1) is 0 Å². The Bertz CT molecular complexity index is 529. The molecule has 1 aromatic carbocycles. The SMILES string of the molecule is CCCn1ccc(CNc2ccccc2CN(C)C)c1. The molecule has 1 aromatic heterocycles. The lowest BCUT2D eigenvalue weighted by atomic mass is 10.1. The van der Waals surface area contributed by atoms with Gasteiger partial charge in [0.05, 0.1) is 0 Å². The molecule has 0 amide bonds. The maximum atomic E-state index is 3.55. The van der Waals surface area contributed by atoms with Crippen molar-refractivity contribution in [3.05, 3.63) is 53.9 Å². The van der Waals surface area contributed by atoms with Gasteiger partial charge in [-0.3, -0.25) is 0 Å². The summed E-state index contributed by atoms with van der Waals surface area (Å²) in [5.41, 5.74) is 3.90. The molecule has 2 rings (SSSR count). The van der Waals surface area contributed by atoms with Crippen LogP contribution >= 0.6 is 0 Å². The van der Waals surface area contributed by atoms with Gasteiger partial charge in [0.25, 0.3) is 0 Å². The van der Waals surface area contributed by atoms with Gasteiger partial charge in [-0.1, -0.05) is 25.1 Å². The highest BCUT2D eigenvalue weighted by molar-refractivity contribution is 5.51. The van der Waals surface area contributed by atoms with E-state index in [0.29, 0.717) is 0 Å². The summed E-state index contributed by atoms with van der Waals surface area (Å²) in [7, 11) is 4.20. The number of anilines is 1. The molecule has 0 bridgehead atoms. The summed E-state index contributed by atoms with van der Waals surface area (Å²) in [5, 5.41) is 3.55. The topological polar surface area (TPSA) is 20.2 Å². The van der Waals surface area contributed by atoms with Gasteiger partial charge in [-0.2, -0.15) is 0 Å². The van der Waals surface area contributed by atoms with Crippen LogP contribution in [-0.2, 0) is 19.6 Å². The number of para-hydroxylation sites is 1. The predicted molar refractivity (Wildman–Crippen MR) is 85.9 cm³/mol. The molecule has 108 valence electrons. The molecular formula is C17H25N3. The van der Waals surface area contributed by atoms with E-state index in [-0.39, 0.29) is 0 Å². The Hall–Kier alpha value is -1.74. The van der Waals surface area contributed by atoms with E-state index in [2.05, 4.69) is 78.5 Å². The van der Waals surface area contributed by atoms with Crippen molar-refractivity contribution in [3.63, 3.8) is 0 Å². The number of aromatic nitrogens is 1. The lowest BCUT2D eigenvalue weighted by molar-refractivity contribution is 0.403. The molecular weight excluding hydrogens is 246 g/mol. The van der Waals surface area contributed by atoms with Gasteiger partial charge in [0.2, 0.25) is 0 Å². The van der Waals surface area contributed by atoms with Gasteiger partial charge in [0.1, 0.15) is 0 Å². The fraction of sp³-hybridized carbons (Fsp3) is 0.412. The smallest absolute Gasteiger partial charge is 0.0415 e. The highest BCUT2D eigenvalue weighted by Crippen LogP contribution is 2.17. The van der Waals surface area contributed by atoms with Crippen molar-refractivity contribution in [1.82, 2.24) is 9.47 Å². The molecule has 0 spiro atoms. The normalized spacial score (nSPS) is 11.0. The molecule has 0 aliphatic heterocycles. The number of hydrogen-bond donors (Lipinski definition) is 1. The minimum absolute atomic E-state index is 0.876. The summed E-state index contributed by atoms with van der Waals surface area (Å²) in [6.45, 7) is 5.13. The summed E-state index contributed by atoms with van der Waals surface area (Å²) in [4.78, 5) is 2.19. The summed E-state index contributed by atoms with van der Waals surface area (Å²) >= 11 is 0. The Morgan fingerprint density at radius 1 is 1.15 bits per heavy atom. The zero-order chi connectivity index (χ0) is 14.4. The van der Waals surface area contributed by atoms with E-state index in [1.54, 1.807) is 0 Å². The summed E-state index contributed by atoms with van der Waals surface area (Å²) in [6, 6.07) is 10.7. The zero-order valence-electron chi connectivity index (χ0n) is 12.8. The Morgan fingerprint density at radius 2 is 1.95 bits per heavy atom. The van der Waals surface area contributed by atoms with E-state index < -0.39 is 0 Å². The molecule has 0 aliphatic rings. The van der Waals surface area contributed by atoms with E-state index in [0.717, 1.165) is 19.6 Å². The van der Waals surface area contributed by atoms with Crippen molar-refractivity contribution in [2.75, 3.05) is 19.4 Å². The molecule has 2 aromatic rings. The first-order chi connectivity index (χ1) is 9.69. The second-order valence-electron chi connectivity index (χ2n) is 5.51. The number of hydrogen-bond acceptors (Lipinski definition) is 2. The van der Waals surface area contributed by atoms with Crippen molar-refractivity contribution in [2.24, 2.45) is 0 Å². The van der Waals surface area contributed by atoms with Crippen LogP contribution < -0.4 is 5.32 Å². The molecule has 1 heterocycles. The third-order valence-electron chi connectivity index (χ3n) is 3.28. The average molecular weight is 271 g/mol. The largest absolute Gasteiger partial charge is 0.381 e. The maximum Gasteiger partial charge on any atom is 0.0415 e.